The van der Waals surface area contributed by atoms with Crippen molar-refractivity contribution in [2.75, 3.05) is 19.7 Å². The first-order valence-electron chi connectivity index (χ1n) is 6.32. The van der Waals surface area contributed by atoms with Gasteiger partial charge in [0.1, 0.15) is 18.2 Å². The van der Waals surface area contributed by atoms with Crippen LogP contribution in [0.2, 0.25) is 0 Å². The molecule has 0 saturated heterocycles. The fourth-order valence-electron chi connectivity index (χ4n) is 1.97. The number of guanidine groups is 1. The summed E-state index contributed by atoms with van der Waals surface area (Å²) < 4.78 is 19.4. The van der Waals surface area contributed by atoms with Crippen molar-refractivity contribution in [3.63, 3.8) is 0 Å². The van der Waals surface area contributed by atoms with Gasteiger partial charge in [-0.05, 0) is 35.8 Å². The zero-order valence-electron chi connectivity index (χ0n) is 11.0. The predicted octanol–water partition coefficient (Wildman–Crippen LogP) is 2.60. The van der Waals surface area contributed by atoms with Crippen molar-refractivity contribution in [1.29, 1.82) is 0 Å². The Bertz CT molecular complexity index is 493. The van der Waals surface area contributed by atoms with Crippen molar-refractivity contribution in [2.24, 2.45) is 4.99 Å². The third-order valence-electron chi connectivity index (χ3n) is 2.81. The topological polar surface area (TPSA) is 45.7 Å². The number of hydrogen-bond donors (Lipinski definition) is 2. The number of hydrogen-bond acceptors (Lipinski definition) is 2. The van der Waals surface area contributed by atoms with E-state index in [0.717, 1.165) is 18.1 Å². The molecule has 0 aromatic heterocycles. The van der Waals surface area contributed by atoms with Crippen molar-refractivity contribution in [3.8, 4) is 5.75 Å². The molecule has 1 unspecified atom stereocenters. The van der Waals surface area contributed by atoms with Crippen molar-refractivity contribution < 1.29 is 9.13 Å². The lowest BCUT2D eigenvalue weighted by molar-refractivity contribution is 0.322. The van der Waals surface area contributed by atoms with Crippen LogP contribution >= 0.6 is 15.9 Å². The monoisotopic (exact) mass is 329 g/mol. The Morgan fingerprint density at radius 3 is 3.00 bits per heavy atom. The number of aliphatic imine (C=N–C) groups is 1. The molecule has 1 aliphatic rings. The Morgan fingerprint density at radius 1 is 1.53 bits per heavy atom. The molecule has 1 aliphatic heterocycles. The fraction of sp³-hybridized carbons (Fsp3) is 0.462. The maximum atomic E-state index is 13.4. The summed E-state index contributed by atoms with van der Waals surface area (Å²) in [6, 6.07) is 3.15. The van der Waals surface area contributed by atoms with Gasteiger partial charge in [-0.25, -0.2) is 4.39 Å². The van der Waals surface area contributed by atoms with Crippen LogP contribution in [-0.4, -0.2) is 25.7 Å². The summed E-state index contributed by atoms with van der Waals surface area (Å²) in [7, 11) is 0. The molecule has 2 N–H and O–H groups in total. The molecular formula is C13H17BrFN3O. The van der Waals surface area contributed by atoms with E-state index in [1.54, 1.807) is 6.07 Å². The van der Waals surface area contributed by atoms with Crippen LogP contribution in [-0.2, 0) is 0 Å². The number of nitrogens with one attached hydrogen (secondary N) is 2. The van der Waals surface area contributed by atoms with E-state index >= 15 is 0 Å². The van der Waals surface area contributed by atoms with Gasteiger partial charge in [0.05, 0.1) is 10.5 Å². The molecule has 1 aromatic carbocycles. The minimum atomic E-state index is -0.312. The number of fused-ring (bicyclic) bond motifs is 1. The van der Waals surface area contributed by atoms with Crippen molar-refractivity contribution >= 4 is 21.9 Å². The molecule has 0 saturated carbocycles. The Balaban J connectivity index is 2.18. The average molecular weight is 330 g/mol. The van der Waals surface area contributed by atoms with E-state index in [1.165, 1.54) is 6.07 Å². The van der Waals surface area contributed by atoms with Gasteiger partial charge in [-0.3, -0.25) is 4.99 Å². The normalized spacial score (nSPS) is 17.9. The van der Waals surface area contributed by atoms with Crippen LogP contribution in [0.3, 0.4) is 0 Å². The number of halogens is 2. The third-order valence-corrected chi connectivity index (χ3v) is 3.41. The molecule has 2 rings (SSSR count). The lowest BCUT2D eigenvalue weighted by atomic mass is 10.1. The van der Waals surface area contributed by atoms with Crippen LogP contribution in [0.15, 0.2) is 21.6 Å². The molecule has 0 fully saturated rings. The van der Waals surface area contributed by atoms with Gasteiger partial charge < -0.3 is 15.4 Å². The zero-order valence-corrected chi connectivity index (χ0v) is 12.6. The summed E-state index contributed by atoms with van der Waals surface area (Å²) in [5.41, 5.74) is 0.940. The lowest BCUT2D eigenvalue weighted by Gasteiger charge is -2.16. The SMILES string of the molecule is CCN=C(NCC)NC1COc2cc(F)c(Br)cc21. The van der Waals surface area contributed by atoms with E-state index in [0.29, 0.717) is 23.4 Å². The summed E-state index contributed by atoms with van der Waals surface area (Å²) in [5.74, 6) is 1.02. The molecule has 0 spiro atoms. The molecule has 0 bridgehead atoms. The van der Waals surface area contributed by atoms with Gasteiger partial charge in [0.2, 0.25) is 0 Å². The van der Waals surface area contributed by atoms with Gasteiger partial charge >= 0.3 is 0 Å². The van der Waals surface area contributed by atoms with E-state index in [1.807, 2.05) is 13.8 Å². The Hall–Kier alpha value is -1.30. The summed E-state index contributed by atoms with van der Waals surface area (Å²) in [6.07, 6.45) is 0. The summed E-state index contributed by atoms with van der Waals surface area (Å²) in [5, 5.41) is 6.46. The molecule has 6 heteroatoms. The van der Waals surface area contributed by atoms with Gasteiger partial charge in [-0.15, -0.1) is 0 Å². The van der Waals surface area contributed by atoms with Crippen LogP contribution in [0, 0.1) is 5.82 Å². The molecule has 104 valence electrons. The van der Waals surface area contributed by atoms with Crippen LogP contribution in [0.25, 0.3) is 0 Å². The maximum Gasteiger partial charge on any atom is 0.191 e. The predicted molar refractivity (Wildman–Crippen MR) is 77.1 cm³/mol. The highest BCUT2D eigenvalue weighted by Crippen LogP contribution is 2.35. The smallest absolute Gasteiger partial charge is 0.191 e. The van der Waals surface area contributed by atoms with Gasteiger partial charge in [0, 0.05) is 24.7 Å². The van der Waals surface area contributed by atoms with Crippen LogP contribution in [0.1, 0.15) is 25.5 Å². The van der Waals surface area contributed by atoms with Gasteiger partial charge in [0.25, 0.3) is 0 Å². The second-order valence-corrected chi connectivity index (χ2v) is 5.02. The molecule has 0 radical (unpaired) electrons. The summed E-state index contributed by atoms with van der Waals surface area (Å²) in [6.45, 7) is 5.95. The molecule has 4 nitrogen and oxygen atoms in total. The number of rotatable bonds is 3. The first kappa shape index (κ1) is 14.1. The molecule has 0 amide bonds. The summed E-state index contributed by atoms with van der Waals surface area (Å²) >= 11 is 3.20. The van der Waals surface area contributed by atoms with E-state index in [2.05, 4.69) is 31.6 Å². The first-order chi connectivity index (χ1) is 9.15. The third kappa shape index (κ3) is 3.18. The quantitative estimate of drug-likeness (QED) is 0.661. The van der Waals surface area contributed by atoms with Crippen LogP contribution in [0.5, 0.6) is 5.75 Å². The van der Waals surface area contributed by atoms with E-state index < -0.39 is 0 Å². The molecule has 0 aliphatic carbocycles. The molecule has 1 atom stereocenters. The van der Waals surface area contributed by atoms with Crippen molar-refractivity contribution in [3.05, 3.63) is 28.0 Å². The van der Waals surface area contributed by atoms with Gasteiger partial charge in [0.15, 0.2) is 5.96 Å². The average Bonchev–Trinajstić information content (AvgIpc) is 2.73. The molecule has 19 heavy (non-hydrogen) atoms. The second kappa shape index (κ2) is 6.23. The van der Waals surface area contributed by atoms with E-state index in [-0.39, 0.29) is 11.9 Å². The Morgan fingerprint density at radius 2 is 2.32 bits per heavy atom. The highest BCUT2D eigenvalue weighted by atomic mass is 79.9. The first-order valence-corrected chi connectivity index (χ1v) is 7.11. The minimum Gasteiger partial charge on any atom is -0.491 e. The number of nitrogens with zero attached hydrogens (tertiary/aromatic N) is 1. The number of ether oxygens (including phenoxy) is 1. The Labute approximate surface area is 120 Å². The molecule has 1 aromatic rings. The highest BCUT2D eigenvalue weighted by molar-refractivity contribution is 9.10. The summed E-state index contributed by atoms with van der Waals surface area (Å²) in [4.78, 5) is 4.34. The molecule has 1 heterocycles. The van der Waals surface area contributed by atoms with Crippen molar-refractivity contribution in [2.45, 2.75) is 19.9 Å². The largest absolute Gasteiger partial charge is 0.491 e. The van der Waals surface area contributed by atoms with Gasteiger partial charge in [-0.2, -0.15) is 0 Å². The second-order valence-electron chi connectivity index (χ2n) is 4.17. The zero-order chi connectivity index (χ0) is 13.8. The van der Waals surface area contributed by atoms with Crippen LogP contribution in [0.4, 0.5) is 4.39 Å². The minimum absolute atomic E-state index is 0.0174. The van der Waals surface area contributed by atoms with Crippen molar-refractivity contribution in [1.82, 2.24) is 10.6 Å². The Kier molecular flexibility index (Phi) is 4.63. The lowest BCUT2D eigenvalue weighted by Crippen LogP contribution is -2.40. The fourth-order valence-corrected chi connectivity index (χ4v) is 2.33. The van der Waals surface area contributed by atoms with Gasteiger partial charge in [-0.1, -0.05) is 0 Å². The van der Waals surface area contributed by atoms with E-state index in [9.17, 15) is 4.39 Å². The van der Waals surface area contributed by atoms with E-state index in [4.69, 9.17) is 4.74 Å². The standard InChI is InChI=1S/C13H17BrFN3O/c1-3-16-13(17-4-2)18-11-7-19-12-6-10(15)9(14)5-8(11)12/h5-6,11H,3-4,7H2,1-2H3,(H2,16,17,18). The van der Waals surface area contributed by atoms with Crippen LogP contribution < -0.4 is 15.4 Å². The highest BCUT2D eigenvalue weighted by Gasteiger charge is 2.26. The number of benzene rings is 1. The molecular weight excluding hydrogens is 313 g/mol. The maximum absolute atomic E-state index is 13.4.